The average Bonchev–Trinajstić information content (AvgIpc) is 2.41. The first-order valence-electron chi connectivity index (χ1n) is 8.07. The fraction of sp³-hybridized carbons (Fsp3) is 0.824. The summed E-state index contributed by atoms with van der Waals surface area (Å²) in [5, 5.41) is 9.71. The summed E-state index contributed by atoms with van der Waals surface area (Å²) in [6.45, 7) is 4.00. The summed E-state index contributed by atoms with van der Waals surface area (Å²) < 4.78 is 0. The van der Waals surface area contributed by atoms with Crippen LogP contribution in [-0.4, -0.2) is 22.6 Å². The summed E-state index contributed by atoms with van der Waals surface area (Å²) >= 11 is 0. The summed E-state index contributed by atoms with van der Waals surface area (Å²) in [4.78, 5) is 36.1. The Hall–Kier alpha value is -1.19. The number of carbonyl (C=O) groups excluding carboxylic acids is 2. The van der Waals surface area contributed by atoms with Gasteiger partial charge in [-0.1, -0.05) is 13.3 Å². The lowest BCUT2D eigenvalue weighted by Gasteiger charge is -2.59. The highest BCUT2D eigenvalue weighted by Gasteiger charge is 2.61. The number of carboxylic acid groups (broad SMARTS) is 1. The molecule has 1 N–H and O–H groups in total. The topological polar surface area (TPSA) is 71.4 Å². The van der Waals surface area contributed by atoms with Gasteiger partial charge in [0.1, 0.15) is 11.6 Å². The minimum atomic E-state index is -0.797. The molecule has 21 heavy (non-hydrogen) atoms. The highest BCUT2D eigenvalue weighted by molar-refractivity contribution is 5.91. The third-order valence-corrected chi connectivity index (χ3v) is 6.80. The van der Waals surface area contributed by atoms with E-state index in [9.17, 15) is 19.5 Å². The van der Waals surface area contributed by atoms with Crippen molar-refractivity contribution in [2.24, 2.45) is 28.6 Å². The van der Waals surface area contributed by atoms with Crippen LogP contribution >= 0.6 is 0 Å². The van der Waals surface area contributed by atoms with Gasteiger partial charge in [-0.05, 0) is 43.4 Å². The molecule has 3 fully saturated rings. The van der Waals surface area contributed by atoms with E-state index in [4.69, 9.17) is 0 Å². The third-order valence-electron chi connectivity index (χ3n) is 6.80. The molecule has 0 bridgehead atoms. The quantitative estimate of drug-likeness (QED) is 0.806. The van der Waals surface area contributed by atoms with Gasteiger partial charge in [-0.3, -0.25) is 14.4 Å². The first-order chi connectivity index (χ1) is 9.79. The van der Waals surface area contributed by atoms with Gasteiger partial charge in [-0.15, -0.1) is 0 Å². The van der Waals surface area contributed by atoms with Gasteiger partial charge in [-0.25, -0.2) is 0 Å². The largest absolute Gasteiger partial charge is 0.481 e. The lowest BCUT2D eigenvalue weighted by Crippen LogP contribution is -2.58. The van der Waals surface area contributed by atoms with Crippen LogP contribution in [0.2, 0.25) is 0 Å². The molecule has 116 valence electrons. The van der Waals surface area contributed by atoms with Crippen LogP contribution in [0.15, 0.2) is 0 Å². The molecule has 0 heterocycles. The van der Waals surface area contributed by atoms with Crippen LogP contribution in [0.1, 0.15) is 58.8 Å². The van der Waals surface area contributed by atoms with Crippen molar-refractivity contribution >= 4 is 17.5 Å². The van der Waals surface area contributed by atoms with Crippen LogP contribution < -0.4 is 0 Å². The van der Waals surface area contributed by atoms with Crippen molar-refractivity contribution in [1.82, 2.24) is 0 Å². The minimum Gasteiger partial charge on any atom is -0.481 e. The Morgan fingerprint density at radius 3 is 2.57 bits per heavy atom. The summed E-state index contributed by atoms with van der Waals surface area (Å²) in [6, 6.07) is 0. The first kappa shape index (κ1) is 14.7. The molecule has 4 nitrogen and oxygen atoms in total. The van der Waals surface area contributed by atoms with Gasteiger partial charge >= 0.3 is 5.97 Å². The van der Waals surface area contributed by atoms with E-state index in [2.05, 4.69) is 6.92 Å². The molecule has 4 heteroatoms. The number of hydrogen-bond donors (Lipinski definition) is 1. The predicted octanol–water partition coefficient (Wildman–Crippen LogP) is 2.84. The molecule has 3 saturated carbocycles. The molecule has 5 atom stereocenters. The number of Topliss-reactive ketones (excluding diaryl/α,β-unsaturated/α-hetero) is 2. The minimum absolute atomic E-state index is 0.0850. The zero-order valence-corrected chi connectivity index (χ0v) is 12.9. The van der Waals surface area contributed by atoms with Gasteiger partial charge in [0.25, 0.3) is 0 Å². The number of ketones is 2. The van der Waals surface area contributed by atoms with Gasteiger partial charge < -0.3 is 5.11 Å². The van der Waals surface area contributed by atoms with E-state index in [1.165, 1.54) is 0 Å². The Kier molecular flexibility index (Phi) is 3.26. The summed E-state index contributed by atoms with van der Waals surface area (Å²) in [5.74, 6) is -0.479. The highest BCUT2D eigenvalue weighted by atomic mass is 16.4. The summed E-state index contributed by atoms with van der Waals surface area (Å²) in [7, 11) is 0. The molecule has 0 radical (unpaired) electrons. The van der Waals surface area contributed by atoms with Crippen LogP contribution in [0.5, 0.6) is 0 Å². The molecule has 0 amide bonds. The second kappa shape index (κ2) is 4.65. The zero-order valence-electron chi connectivity index (χ0n) is 12.9. The molecule has 0 aromatic rings. The van der Waals surface area contributed by atoms with E-state index in [0.717, 1.165) is 19.3 Å². The molecule has 0 aromatic heterocycles. The third kappa shape index (κ3) is 1.98. The van der Waals surface area contributed by atoms with Crippen molar-refractivity contribution in [2.75, 3.05) is 0 Å². The standard InChI is InChI=1S/C17H24O4/c1-16-6-3-7-17(2,15(20)21)14(16)9-13(19)11-8-10(18)4-5-12(11)16/h11-12,14H,3-9H2,1-2H3,(H,20,21). The van der Waals surface area contributed by atoms with E-state index in [0.29, 0.717) is 25.7 Å². The van der Waals surface area contributed by atoms with Crippen LogP contribution in [0.4, 0.5) is 0 Å². The molecule has 0 aromatic carbocycles. The SMILES string of the molecule is CC1(C(=O)O)CCCC2(C)C3CCC(=O)CC3C(=O)CC12. The molecule has 3 aliphatic rings. The van der Waals surface area contributed by atoms with Gasteiger partial charge in [0.15, 0.2) is 0 Å². The van der Waals surface area contributed by atoms with Crippen molar-refractivity contribution in [3.8, 4) is 0 Å². The van der Waals surface area contributed by atoms with E-state index in [1.807, 2.05) is 6.92 Å². The van der Waals surface area contributed by atoms with Gasteiger partial charge in [-0.2, -0.15) is 0 Å². The Balaban J connectivity index is 2.01. The van der Waals surface area contributed by atoms with Crippen molar-refractivity contribution in [1.29, 1.82) is 0 Å². The fourth-order valence-electron chi connectivity index (χ4n) is 5.56. The molecule has 3 aliphatic carbocycles. The number of aliphatic carboxylic acids is 1. The van der Waals surface area contributed by atoms with Crippen molar-refractivity contribution in [3.05, 3.63) is 0 Å². The monoisotopic (exact) mass is 292 g/mol. The number of fused-ring (bicyclic) bond motifs is 3. The average molecular weight is 292 g/mol. The maximum atomic E-state index is 12.5. The first-order valence-corrected chi connectivity index (χ1v) is 8.07. The Bertz CT molecular complexity index is 511. The van der Waals surface area contributed by atoms with E-state index >= 15 is 0 Å². The molecule has 0 saturated heterocycles. The molecule has 3 rings (SSSR count). The molecule has 0 aliphatic heterocycles. The molecule has 5 unspecified atom stereocenters. The summed E-state index contributed by atoms with van der Waals surface area (Å²) in [5.41, 5.74) is -0.903. The number of carbonyl (C=O) groups is 3. The van der Waals surface area contributed by atoms with Gasteiger partial charge in [0, 0.05) is 25.2 Å². The summed E-state index contributed by atoms with van der Waals surface area (Å²) in [6.07, 6.45) is 4.60. The van der Waals surface area contributed by atoms with E-state index < -0.39 is 11.4 Å². The number of carboxylic acids is 1. The van der Waals surface area contributed by atoms with E-state index in [1.54, 1.807) is 0 Å². The Labute approximate surface area is 125 Å². The van der Waals surface area contributed by atoms with Crippen molar-refractivity contribution in [2.45, 2.75) is 58.8 Å². The number of rotatable bonds is 1. The fourth-order valence-corrected chi connectivity index (χ4v) is 5.56. The molecular weight excluding hydrogens is 268 g/mol. The number of hydrogen-bond acceptors (Lipinski definition) is 3. The maximum absolute atomic E-state index is 12.5. The van der Waals surface area contributed by atoms with Crippen LogP contribution in [0, 0.1) is 28.6 Å². The second-order valence-electron chi connectivity index (χ2n) is 7.80. The zero-order chi connectivity index (χ0) is 15.4. The molecular formula is C17H24O4. The van der Waals surface area contributed by atoms with Crippen LogP contribution in [0.3, 0.4) is 0 Å². The van der Waals surface area contributed by atoms with Crippen molar-refractivity contribution < 1.29 is 19.5 Å². The van der Waals surface area contributed by atoms with Crippen LogP contribution in [-0.2, 0) is 14.4 Å². The van der Waals surface area contributed by atoms with E-state index in [-0.39, 0.29) is 34.7 Å². The lowest BCUT2D eigenvalue weighted by atomic mass is 9.44. The van der Waals surface area contributed by atoms with Crippen LogP contribution in [0.25, 0.3) is 0 Å². The van der Waals surface area contributed by atoms with Crippen molar-refractivity contribution in [3.63, 3.8) is 0 Å². The maximum Gasteiger partial charge on any atom is 0.309 e. The molecule has 0 spiro atoms. The highest BCUT2D eigenvalue weighted by Crippen LogP contribution is 2.62. The smallest absolute Gasteiger partial charge is 0.309 e. The van der Waals surface area contributed by atoms with Gasteiger partial charge in [0.2, 0.25) is 0 Å². The Morgan fingerprint density at radius 1 is 1.19 bits per heavy atom. The van der Waals surface area contributed by atoms with Gasteiger partial charge in [0.05, 0.1) is 5.41 Å². The second-order valence-corrected chi connectivity index (χ2v) is 7.80. The predicted molar refractivity (Wildman–Crippen MR) is 76.7 cm³/mol. The normalized spacial score (nSPS) is 46.7. The Morgan fingerprint density at radius 2 is 1.90 bits per heavy atom. The lowest BCUT2D eigenvalue weighted by molar-refractivity contribution is -0.175.